The Balaban J connectivity index is 2.63. The van der Waals surface area contributed by atoms with E-state index < -0.39 is 0 Å². The molecule has 1 heterocycles. The maximum Gasteiger partial charge on any atom is 0.136 e. The van der Waals surface area contributed by atoms with Crippen molar-refractivity contribution >= 4 is 16.6 Å². The second-order valence-electron chi connectivity index (χ2n) is 5.58. The molecule has 0 saturated carbocycles. The zero-order valence-electron chi connectivity index (χ0n) is 12.3. The molecule has 0 spiro atoms. The standard InChI is InChI=1S/C16H23N3/c1-5-16(2,3)19(4)15-14-9-7-6-8-13(14)12(10-17)11-18-15/h6-9,11H,5,10,17H2,1-4H3. The van der Waals surface area contributed by atoms with Gasteiger partial charge in [-0.15, -0.1) is 0 Å². The lowest BCUT2D eigenvalue weighted by molar-refractivity contribution is 0.468. The molecule has 2 rings (SSSR count). The number of pyridine rings is 1. The first-order valence-electron chi connectivity index (χ1n) is 6.81. The number of fused-ring (bicyclic) bond motifs is 1. The van der Waals surface area contributed by atoms with Gasteiger partial charge in [0.05, 0.1) is 0 Å². The molecule has 0 amide bonds. The lowest BCUT2D eigenvalue weighted by Gasteiger charge is -2.36. The molecule has 2 aromatic rings. The van der Waals surface area contributed by atoms with Crippen LogP contribution in [-0.4, -0.2) is 17.6 Å². The molecule has 19 heavy (non-hydrogen) atoms. The second-order valence-corrected chi connectivity index (χ2v) is 5.58. The van der Waals surface area contributed by atoms with Crippen molar-refractivity contribution in [3.63, 3.8) is 0 Å². The Morgan fingerprint density at radius 2 is 1.84 bits per heavy atom. The minimum atomic E-state index is 0.0833. The highest BCUT2D eigenvalue weighted by Gasteiger charge is 2.24. The molecule has 0 atom stereocenters. The minimum Gasteiger partial charge on any atom is -0.354 e. The second kappa shape index (κ2) is 5.17. The van der Waals surface area contributed by atoms with Crippen molar-refractivity contribution in [2.75, 3.05) is 11.9 Å². The van der Waals surface area contributed by atoms with E-state index in [1.807, 2.05) is 6.20 Å². The summed E-state index contributed by atoms with van der Waals surface area (Å²) in [5.41, 5.74) is 6.98. The Kier molecular flexibility index (Phi) is 3.76. The minimum absolute atomic E-state index is 0.0833. The number of aromatic nitrogens is 1. The van der Waals surface area contributed by atoms with E-state index in [1.54, 1.807) is 0 Å². The molecule has 0 unspecified atom stereocenters. The highest BCUT2D eigenvalue weighted by Crippen LogP contribution is 2.31. The molecule has 0 aliphatic carbocycles. The van der Waals surface area contributed by atoms with Gasteiger partial charge in [-0.2, -0.15) is 0 Å². The molecular formula is C16H23N3. The number of anilines is 1. The average Bonchev–Trinajstić information content (AvgIpc) is 2.45. The van der Waals surface area contributed by atoms with E-state index in [0.29, 0.717) is 6.54 Å². The summed E-state index contributed by atoms with van der Waals surface area (Å²) >= 11 is 0. The summed E-state index contributed by atoms with van der Waals surface area (Å²) in [6.07, 6.45) is 2.97. The van der Waals surface area contributed by atoms with Gasteiger partial charge in [-0.3, -0.25) is 0 Å². The number of nitrogens with zero attached hydrogens (tertiary/aromatic N) is 2. The molecule has 0 radical (unpaired) electrons. The number of rotatable bonds is 4. The molecule has 2 N–H and O–H groups in total. The maximum atomic E-state index is 5.80. The average molecular weight is 257 g/mol. The van der Waals surface area contributed by atoms with Gasteiger partial charge in [0.1, 0.15) is 5.82 Å². The largest absolute Gasteiger partial charge is 0.354 e. The predicted molar refractivity (Wildman–Crippen MR) is 82.4 cm³/mol. The van der Waals surface area contributed by atoms with Gasteiger partial charge in [0, 0.05) is 30.7 Å². The summed E-state index contributed by atoms with van der Waals surface area (Å²) in [6, 6.07) is 8.35. The first-order valence-corrected chi connectivity index (χ1v) is 6.81. The molecular weight excluding hydrogens is 234 g/mol. The first-order chi connectivity index (χ1) is 9.01. The van der Waals surface area contributed by atoms with E-state index >= 15 is 0 Å². The maximum absolute atomic E-state index is 5.80. The lowest BCUT2D eigenvalue weighted by atomic mass is 9.98. The van der Waals surface area contributed by atoms with Crippen molar-refractivity contribution in [3.05, 3.63) is 36.0 Å². The number of hydrogen-bond donors (Lipinski definition) is 1. The monoisotopic (exact) mass is 257 g/mol. The van der Waals surface area contributed by atoms with Gasteiger partial charge in [0.25, 0.3) is 0 Å². The fraction of sp³-hybridized carbons (Fsp3) is 0.438. The van der Waals surface area contributed by atoms with Gasteiger partial charge in [-0.05, 0) is 31.2 Å². The smallest absolute Gasteiger partial charge is 0.136 e. The van der Waals surface area contributed by atoms with Crippen LogP contribution in [0.2, 0.25) is 0 Å². The van der Waals surface area contributed by atoms with Crippen LogP contribution in [0, 0.1) is 0 Å². The molecule has 3 nitrogen and oxygen atoms in total. The third-order valence-corrected chi connectivity index (χ3v) is 4.17. The third kappa shape index (κ3) is 2.43. The van der Waals surface area contributed by atoms with Crippen LogP contribution >= 0.6 is 0 Å². The summed E-state index contributed by atoms with van der Waals surface area (Å²) in [5.74, 6) is 1.03. The van der Waals surface area contributed by atoms with Gasteiger partial charge in [0.15, 0.2) is 0 Å². The first kappa shape index (κ1) is 13.8. The van der Waals surface area contributed by atoms with Crippen molar-refractivity contribution in [2.24, 2.45) is 5.73 Å². The van der Waals surface area contributed by atoms with Gasteiger partial charge in [-0.1, -0.05) is 31.2 Å². The van der Waals surface area contributed by atoms with Crippen molar-refractivity contribution in [2.45, 2.75) is 39.3 Å². The predicted octanol–water partition coefficient (Wildman–Crippen LogP) is 3.32. The molecule has 0 fully saturated rings. The van der Waals surface area contributed by atoms with Crippen LogP contribution in [0.4, 0.5) is 5.82 Å². The Morgan fingerprint density at radius 1 is 1.21 bits per heavy atom. The summed E-state index contributed by atoms with van der Waals surface area (Å²) < 4.78 is 0. The number of nitrogens with two attached hydrogens (primary N) is 1. The van der Waals surface area contributed by atoms with E-state index in [0.717, 1.165) is 17.8 Å². The Bertz CT molecular complexity index is 575. The van der Waals surface area contributed by atoms with Crippen molar-refractivity contribution in [1.82, 2.24) is 4.98 Å². The quantitative estimate of drug-likeness (QED) is 0.913. The van der Waals surface area contributed by atoms with Crippen LogP contribution in [0.25, 0.3) is 10.8 Å². The Morgan fingerprint density at radius 3 is 2.42 bits per heavy atom. The fourth-order valence-electron chi connectivity index (χ4n) is 2.19. The van der Waals surface area contributed by atoms with Crippen LogP contribution in [0.1, 0.15) is 32.8 Å². The van der Waals surface area contributed by atoms with Crippen LogP contribution in [0.3, 0.4) is 0 Å². The van der Waals surface area contributed by atoms with E-state index in [9.17, 15) is 0 Å². The van der Waals surface area contributed by atoms with Gasteiger partial charge < -0.3 is 10.6 Å². The third-order valence-electron chi connectivity index (χ3n) is 4.17. The lowest BCUT2D eigenvalue weighted by Crippen LogP contribution is -2.41. The van der Waals surface area contributed by atoms with Crippen molar-refractivity contribution < 1.29 is 0 Å². The zero-order chi connectivity index (χ0) is 14.0. The van der Waals surface area contributed by atoms with Gasteiger partial charge >= 0.3 is 0 Å². The van der Waals surface area contributed by atoms with Crippen LogP contribution in [0.5, 0.6) is 0 Å². The molecule has 0 aliphatic heterocycles. The molecule has 0 saturated heterocycles. The van der Waals surface area contributed by atoms with Gasteiger partial charge in [0.2, 0.25) is 0 Å². The normalized spacial score (nSPS) is 11.8. The van der Waals surface area contributed by atoms with Crippen LogP contribution < -0.4 is 10.6 Å². The van der Waals surface area contributed by atoms with E-state index in [2.05, 4.69) is 62.0 Å². The summed E-state index contributed by atoms with van der Waals surface area (Å²) in [4.78, 5) is 6.90. The number of benzene rings is 1. The Labute approximate surface area is 115 Å². The van der Waals surface area contributed by atoms with E-state index in [-0.39, 0.29) is 5.54 Å². The zero-order valence-corrected chi connectivity index (χ0v) is 12.3. The highest BCUT2D eigenvalue weighted by atomic mass is 15.2. The molecule has 1 aromatic heterocycles. The van der Waals surface area contributed by atoms with E-state index in [1.165, 1.54) is 10.8 Å². The van der Waals surface area contributed by atoms with E-state index in [4.69, 9.17) is 5.73 Å². The summed E-state index contributed by atoms with van der Waals surface area (Å²) in [6.45, 7) is 7.20. The number of hydrogen-bond acceptors (Lipinski definition) is 3. The SMILES string of the molecule is CCC(C)(C)N(C)c1ncc(CN)c2ccccc12. The fourth-order valence-corrected chi connectivity index (χ4v) is 2.19. The highest BCUT2D eigenvalue weighted by molar-refractivity contribution is 5.94. The molecule has 3 heteroatoms. The molecule has 0 aliphatic rings. The van der Waals surface area contributed by atoms with Gasteiger partial charge in [-0.25, -0.2) is 4.98 Å². The summed E-state index contributed by atoms with van der Waals surface area (Å²) in [5, 5.41) is 2.38. The van der Waals surface area contributed by atoms with Crippen molar-refractivity contribution in [1.29, 1.82) is 0 Å². The Hall–Kier alpha value is -1.61. The van der Waals surface area contributed by atoms with Crippen molar-refractivity contribution in [3.8, 4) is 0 Å². The molecule has 102 valence electrons. The topological polar surface area (TPSA) is 42.2 Å². The molecule has 0 bridgehead atoms. The van der Waals surface area contributed by atoms with Crippen LogP contribution in [-0.2, 0) is 6.54 Å². The molecule has 1 aromatic carbocycles. The summed E-state index contributed by atoms with van der Waals surface area (Å²) in [7, 11) is 2.11. The van der Waals surface area contributed by atoms with Crippen LogP contribution in [0.15, 0.2) is 30.5 Å².